The molecule has 0 aliphatic rings. The second kappa shape index (κ2) is 4.77. The van der Waals surface area contributed by atoms with Crippen LogP contribution in [0.5, 0.6) is 0 Å². The number of hydrogen-bond donors (Lipinski definition) is 0. The lowest BCUT2D eigenvalue weighted by Crippen LogP contribution is -2.04. The van der Waals surface area contributed by atoms with E-state index in [0.717, 1.165) is 0 Å². The third-order valence-electron chi connectivity index (χ3n) is 2.31. The van der Waals surface area contributed by atoms with E-state index in [2.05, 4.69) is 0 Å². The van der Waals surface area contributed by atoms with Crippen molar-refractivity contribution >= 4 is 0 Å². The van der Waals surface area contributed by atoms with Gasteiger partial charge in [-0.05, 0) is 0 Å². The fraction of sp³-hybridized carbons (Fsp3) is 0. The van der Waals surface area contributed by atoms with Gasteiger partial charge in [0.2, 0.25) is 0 Å². The zero-order valence-corrected chi connectivity index (χ0v) is 9.02. The lowest BCUT2D eigenvalue weighted by molar-refractivity contribution is 0.403. The average Bonchev–Trinajstić information content (AvgIpc) is 2.42. The molecule has 2 aromatic carbocycles. The second-order valence-electron chi connectivity index (χ2n) is 3.51. The van der Waals surface area contributed by atoms with Crippen molar-refractivity contribution in [3.8, 4) is 11.1 Å². The minimum Gasteiger partial charge on any atom is -0.203 e. The Morgan fingerprint density at radius 3 is 1.00 bits per heavy atom. The van der Waals surface area contributed by atoms with Crippen LogP contribution in [-0.2, 0) is 0 Å². The number of hydrogen-bond acceptors (Lipinski definition) is 0. The fourth-order valence-corrected chi connectivity index (χ4v) is 1.39. The molecule has 0 aliphatic heterocycles. The summed E-state index contributed by atoms with van der Waals surface area (Å²) in [6, 6.07) is 2.46. The molecule has 2 aromatic rings. The molecule has 2 radical (unpaired) electrons. The molecule has 104 valence electrons. The summed E-state index contributed by atoms with van der Waals surface area (Å²) in [7, 11) is 0. The molecule has 8 heteroatoms. The van der Waals surface area contributed by atoms with Gasteiger partial charge in [-0.15, -0.1) is 0 Å². The summed E-state index contributed by atoms with van der Waals surface area (Å²) in [5.74, 6) is -17.5. The molecule has 0 saturated carbocycles. The van der Waals surface area contributed by atoms with Crippen LogP contribution in [0.1, 0.15) is 0 Å². The van der Waals surface area contributed by atoms with Crippen molar-refractivity contribution in [3.05, 3.63) is 58.7 Å². The molecule has 0 heterocycles. The van der Waals surface area contributed by atoms with Gasteiger partial charge in [0.25, 0.3) is 0 Å². The van der Waals surface area contributed by atoms with Gasteiger partial charge in [0.05, 0.1) is 0 Å². The molecular formula is C12F8. The first-order valence-corrected chi connectivity index (χ1v) is 4.76. The fourth-order valence-electron chi connectivity index (χ4n) is 1.39. The topological polar surface area (TPSA) is 0 Å². The highest BCUT2D eigenvalue weighted by atomic mass is 19.2. The van der Waals surface area contributed by atoms with Crippen LogP contribution in [0.15, 0.2) is 0 Å². The van der Waals surface area contributed by atoms with Crippen LogP contribution >= 0.6 is 0 Å². The molecule has 0 fully saturated rings. The third kappa shape index (κ3) is 2.00. The van der Waals surface area contributed by atoms with Crippen LogP contribution in [0.25, 0.3) is 11.1 Å². The predicted molar refractivity (Wildman–Crippen MR) is 49.2 cm³/mol. The van der Waals surface area contributed by atoms with Gasteiger partial charge in [-0.2, -0.15) is 0 Å². The van der Waals surface area contributed by atoms with Gasteiger partial charge in [0.15, 0.2) is 46.5 Å². The molecule has 20 heavy (non-hydrogen) atoms. The smallest absolute Gasteiger partial charge is 0.198 e. The Morgan fingerprint density at radius 1 is 0.400 bits per heavy atom. The van der Waals surface area contributed by atoms with Crippen molar-refractivity contribution in [2.45, 2.75) is 0 Å². The van der Waals surface area contributed by atoms with Crippen LogP contribution in [0, 0.1) is 58.7 Å². The summed E-state index contributed by atoms with van der Waals surface area (Å²) >= 11 is 0. The van der Waals surface area contributed by atoms with E-state index in [1.165, 1.54) is 12.1 Å². The van der Waals surface area contributed by atoms with E-state index < -0.39 is 57.7 Å². The number of rotatable bonds is 1. The van der Waals surface area contributed by atoms with E-state index >= 15 is 0 Å². The van der Waals surface area contributed by atoms with Crippen LogP contribution in [0.2, 0.25) is 0 Å². The Bertz CT molecular complexity index is 646. The zero-order chi connectivity index (χ0) is 15.2. The van der Waals surface area contributed by atoms with Gasteiger partial charge < -0.3 is 0 Å². The Hall–Kier alpha value is -2.12. The molecule has 0 unspecified atom stereocenters. The van der Waals surface area contributed by atoms with Gasteiger partial charge in [-0.3, -0.25) is 0 Å². The Kier molecular flexibility index (Phi) is 3.41. The molecule has 0 aliphatic carbocycles. The van der Waals surface area contributed by atoms with Crippen molar-refractivity contribution in [2.75, 3.05) is 0 Å². The molecule has 0 N–H and O–H groups in total. The van der Waals surface area contributed by atoms with E-state index in [-0.39, 0.29) is 0 Å². The average molecular weight is 296 g/mol. The molecule has 0 amide bonds. The second-order valence-corrected chi connectivity index (χ2v) is 3.51. The monoisotopic (exact) mass is 296 g/mol. The molecule has 0 aromatic heterocycles. The summed E-state index contributed by atoms with van der Waals surface area (Å²) in [5, 5.41) is 0. The third-order valence-corrected chi connectivity index (χ3v) is 2.31. The molecule has 0 bridgehead atoms. The SMILES string of the molecule is Fc1[c]c(-c2[c]c(F)c(F)c(F)c2F)c(F)c(F)c1F. The highest BCUT2D eigenvalue weighted by Gasteiger charge is 2.26. The van der Waals surface area contributed by atoms with Crippen molar-refractivity contribution in [1.82, 2.24) is 0 Å². The quantitative estimate of drug-likeness (QED) is 0.423. The summed E-state index contributed by atoms with van der Waals surface area (Å²) in [6.07, 6.45) is 0. The van der Waals surface area contributed by atoms with E-state index in [1.807, 2.05) is 0 Å². The highest BCUT2D eigenvalue weighted by molar-refractivity contribution is 5.64. The Labute approximate surface area is 106 Å². The van der Waals surface area contributed by atoms with Crippen LogP contribution in [0.3, 0.4) is 0 Å². The van der Waals surface area contributed by atoms with E-state index in [1.54, 1.807) is 0 Å². The van der Waals surface area contributed by atoms with Crippen LogP contribution in [-0.4, -0.2) is 0 Å². The largest absolute Gasteiger partial charge is 0.203 e. The van der Waals surface area contributed by atoms with Gasteiger partial charge >= 0.3 is 0 Å². The zero-order valence-electron chi connectivity index (χ0n) is 9.02. The molecule has 0 atom stereocenters. The molecule has 0 spiro atoms. The van der Waals surface area contributed by atoms with E-state index in [4.69, 9.17) is 0 Å². The van der Waals surface area contributed by atoms with Gasteiger partial charge in [0.1, 0.15) is 0 Å². The lowest BCUT2D eigenvalue weighted by Gasteiger charge is -2.08. The minimum atomic E-state index is -2.34. The van der Waals surface area contributed by atoms with Gasteiger partial charge in [0, 0.05) is 23.3 Å². The first-order valence-electron chi connectivity index (χ1n) is 4.76. The van der Waals surface area contributed by atoms with Crippen LogP contribution < -0.4 is 0 Å². The standard InChI is InChI=1S/C12F8/c13-5-1-3(7(15)11(19)9(5)17)4-2-6(14)10(18)12(20)8(4)16. The van der Waals surface area contributed by atoms with Gasteiger partial charge in [-0.25, -0.2) is 35.1 Å². The molecule has 0 saturated heterocycles. The Balaban J connectivity index is 2.83. The maximum atomic E-state index is 13.3. The molecule has 0 nitrogen and oxygen atoms in total. The normalized spacial score (nSPS) is 11.0. The van der Waals surface area contributed by atoms with Crippen molar-refractivity contribution in [1.29, 1.82) is 0 Å². The predicted octanol–water partition coefficient (Wildman–Crippen LogP) is 4.07. The molecular weight excluding hydrogens is 296 g/mol. The molecule has 2 rings (SSSR count). The summed E-state index contributed by atoms with van der Waals surface area (Å²) in [5.41, 5.74) is -2.92. The van der Waals surface area contributed by atoms with Gasteiger partial charge in [-0.1, -0.05) is 0 Å². The van der Waals surface area contributed by atoms with Crippen LogP contribution in [0.4, 0.5) is 35.1 Å². The van der Waals surface area contributed by atoms with E-state index in [0.29, 0.717) is 0 Å². The maximum absolute atomic E-state index is 13.3. The number of halogens is 8. The Morgan fingerprint density at radius 2 is 0.700 bits per heavy atom. The first kappa shape index (κ1) is 14.3. The number of benzene rings is 2. The maximum Gasteiger partial charge on any atom is 0.198 e. The summed E-state index contributed by atoms with van der Waals surface area (Å²) in [6.45, 7) is 0. The van der Waals surface area contributed by atoms with E-state index in [9.17, 15) is 35.1 Å². The summed E-state index contributed by atoms with van der Waals surface area (Å²) in [4.78, 5) is 0. The van der Waals surface area contributed by atoms with Crippen molar-refractivity contribution < 1.29 is 35.1 Å². The first-order chi connectivity index (χ1) is 9.25. The summed E-state index contributed by atoms with van der Waals surface area (Å²) < 4.78 is 104. The van der Waals surface area contributed by atoms with Crippen molar-refractivity contribution in [3.63, 3.8) is 0 Å². The minimum absolute atomic E-state index is 1.23. The lowest BCUT2D eigenvalue weighted by atomic mass is 10.0. The van der Waals surface area contributed by atoms with Crippen molar-refractivity contribution in [2.24, 2.45) is 0 Å². The highest BCUT2D eigenvalue weighted by Crippen LogP contribution is 2.31.